The Labute approximate surface area is 126 Å². The number of nitrogens with zero attached hydrogens (tertiary/aromatic N) is 1. The summed E-state index contributed by atoms with van der Waals surface area (Å²) in [6.45, 7) is 2.22. The number of hydrogen-bond acceptors (Lipinski definition) is 6. The van der Waals surface area contributed by atoms with Gasteiger partial charge < -0.3 is 11.1 Å². The second-order valence-electron chi connectivity index (χ2n) is 4.59. The first kappa shape index (κ1) is 15.5. The lowest BCUT2D eigenvalue weighted by Crippen LogP contribution is -2.22. The maximum Gasteiger partial charge on any atom is 0.251 e. The lowest BCUT2D eigenvalue weighted by atomic mass is 10.2. The number of sulfone groups is 1. The van der Waals surface area contributed by atoms with Gasteiger partial charge in [-0.3, -0.25) is 4.79 Å². The molecule has 6 nitrogen and oxygen atoms in total. The monoisotopic (exact) mass is 325 g/mol. The van der Waals surface area contributed by atoms with E-state index >= 15 is 0 Å². The summed E-state index contributed by atoms with van der Waals surface area (Å²) < 4.78 is 23.1. The maximum absolute atomic E-state index is 12.1. The molecule has 0 unspecified atom stereocenters. The van der Waals surface area contributed by atoms with Crippen molar-refractivity contribution in [2.45, 2.75) is 18.4 Å². The highest BCUT2D eigenvalue weighted by Crippen LogP contribution is 2.17. The van der Waals surface area contributed by atoms with Gasteiger partial charge in [0.05, 0.1) is 16.4 Å². The molecule has 1 aromatic heterocycles. The number of nitrogens with one attached hydrogen (secondary N) is 1. The number of aryl methyl sites for hydroxylation is 1. The topological polar surface area (TPSA) is 102 Å². The van der Waals surface area contributed by atoms with E-state index in [1.807, 2.05) is 6.92 Å². The van der Waals surface area contributed by atoms with Crippen LogP contribution in [0.2, 0.25) is 0 Å². The minimum absolute atomic E-state index is 0.0290. The molecule has 0 saturated carbocycles. The Bertz CT molecular complexity index is 782. The van der Waals surface area contributed by atoms with Crippen LogP contribution < -0.4 is 11.1 Å². The third kappa shape index (κ3) is 4.02. The summed E-state index contributed by atoms with van der Waals surface area (Å²) in [6, 6.07) is 4.10. The first-order chi connectivity index (χ1) is 9.75. The number of rotatable bonds is 4. The predicted octanol–water partition coefficient (Wildman–Crippen LogP) is 1.37. The van der Waals surface area contributed by atoms with Crippen molar-refractivity contribution in [3.63, 3.8) is 0 Å². The second kappa shape index (κ2) is 5.82. The highest BCUT2D eigenvalue weighted by atomic mass is 32.2. The molecule has 0 fully saturated rings. The molecule has 0 atom stereocenters. The van der Waals surface area contributed by atoms with E-state index < -0.39 is 9.84 Å². The largest absolute Gasteiger partial charge is 0.399 e. The summed E-state index contributed by atoms with van der Waals surface area (Å²) in [6.07, 6.45) is 2.77. The molecule has 0 bridgehead atoms. The summed E-state index contributed by atoms with van der Waals surface area (Å²) in [7, 11) is -3.41. The number of benzene rings is 1. The van der Waals surface area contributed by atoms with Crippen LogP contribution in [-0.2, 0) is 16.4 Å². The van der Waals surface area contributed by atoms with Crippen LogP contribution >= 0.6 is 11.3 Å². The highest BCUT2D eigenvalue weighted by Gasteiger charge is 2.13. The Morgan fingerprint density at radius 2 is 2.10 bits per heavy atom. The summed E-state index contributed by atoms with van der Waals surface area (Å²) in [5, 5.41) is 3.63. The number of anilines is 1. The van der Waals surface area contributed by atoms with E-state index in [2.05, 4.69) is 10.3 Å². The zero-order chi connectivity index (χ0) is 15.6. The lowest BCUT2D eigenvalue weighted by Gasteiger charge is -2.07. The number of thiazole rings is 1. The summed E-state index contributed by atoms with van der Waals surface area (Å²) in [5.74, 6) is -0.377. The molecule has 2 rings (SSSR count). The molecule has 8 heteroatoms. The Morgan fingerprint density at radius 1 is 1.38 bits per heavy atom. The number of carbonyl (C=O) groups excluding carboxylic acids is 1. The van der Waals surface area contributed by atoms with Crippen LogP contribution in [0.25, 0.3) is 0 Å². The van der Waals surface area contributed by atoms with Gasteiger partial charge in [0.25, 0.3) is 5.91 Å². The van der Waals surface area contributed by atoms with E-state index in [1.165, 1.54) is 29.5 Å². The van der Waals surface area contributed by atoms with Gasteiger partial charge >= 0.3 is 0 Å². The SMILES string of the molecule is Cc1ncc(CNC(=O)c2cc(N)cc(S(C)(=O)=O)c2)s1. The van der Waals surface area contributed by atoms with E-state index in [0.717, 1.165) is 16.1 Å². The summed E-state index contributed by atoms with van der Waals surface area (Å²) in [5.41, 5.74) is 6.10. The van der Waals surface area contributed by atoms with Crippen molar-refractivity contribution >= 4 is 32.8 Å². The molecular formula is C13H15N3O3S2. The number of amides is 1. The Hall–Kier alpha value is -1.93. The summed E-state index contributed by atoms with van der Waals surface area (Å²) >= 11 is 1.49. The fourth-order valence-corrected chi connectivity index (χ4v) is 3.15. The highest BCUT2D eigenvalue weighted by molar-refractivity contribution is 7.90. The van der Waals surface area contributed by atoms with E-state index in [4.69, 9.17) is 5.73 Å². The van der Waals surface area contributed by atoms with Crippen molar-refractivity contribution in [1.29, 1.82) is 0 Å². The molecule has 0 spiro atoms. The van der Waals surface area contributed by atoms with E-state index in [9.17, 15) is 13.2 Å². The van der Waals surface area contributed by atoms with Crippen LogP contribution in [0, 0.1) is 6.92 Å². The minimum atomic E-state index is -3.41. The average Bonchev–Trinajstić information content (AvgIpc) is 2.80. The molecule has 0 aliphatic carbocycles. The van der Waals surface area contributed by atoms with E-state index in [0.29, 0.717) is 6.54 Å². The van der Waals surface area contributed by atoms with Crippen LogP contribution in [0.3, 0.4) is 0 Å². The van der Waals surface area contributed by atoms with Gasteiger partial charge in [-0.1, -0.05) is 0 Å². The van der Waals surface area contributed by atoms with Gasteiger partial charge in [-0.15, -0.1) is 11.3 Å². The number of hydrogen-bond donors (Lipinski definition) is 2. The molecule has 21 heavy (non-hydrogen) atoms. The maximum atomic E-state index is 12.1. The first-order valence-corrected chi connectivity index (χ1v) is 8.76. The molecular weight excluding hydrogens is 310 g/mol. The Balaban J connectivity index is 2.17. The van der Waals surface area contributed by atoms with Gasteiger partial charge in [0.1, 0.15) is 0 Å². The van der Waals surface area contributed by atoms with Gasteiger partial charge in [0, 0.05) is 28.6 Å². The molecule has 0 aliphatic rings. The predicted molar refractivity (Wildman–Crippen MR) is 82.0 cm³/mol. The molecule has 3 N–H and O–H groups in total. The molecule has 0 saturated heterocycles. The van der Waals surface area contributed by atoms with E-state index in [1.54, 1.807) is 6.20 Å². The fourth-order valence-electron chi connectivity index (χ4n) is 1.72. The zero-order valence-electron chi connectivity index (χ0n) is 11.6. The molecule has 1 aromatic carbocycles. The number of nitrogens with two attached hydrogens (primary N) is 1. The van der Waals surface area contributed by atoms with Crippen molar-refractivity contribution in [2.75, 3.05) is 12.0 Å². The number of aromatic nitrogens is 1. The second-order valence-corrected chi connectivity index (χ2v) is 7.93. The van der Waals surface area contributed by atoms with Crippen molar-refractivity contribution in [2.24, 2.45) is 0 Å². The van der Waals surface area contributed by atoms with Crippen LogP contribution in [0.1, 0.15) is 20.2 Å². The normalized spacial score (nSPS) is 11.3. The van der Waals surface area contributed by atoms with Crippen molar-refractivity contribution in [3.8, 4) is 0 Å². The van der Waals surface area contributed by atoms with Gasteiger partial charge in [-0.05, 0) is 25.1 Å². The standard InChI is InChI=1S/C13H15N3O3S2/c1-8-15-6-11(20-8)7-16-13(17)9-3-10(14)5-12(4-9)21(2,18)19/h3-6H,7,14H2,1-2H3,(H,16,17). The molecule has 1 amide bonds. The zero-order valence-corrected chi connectivity index (χ0v) is 13.2. The smallest absolute Gasteiger partial charge is 0.251 e. The molecule has 2 aromatic rings. The third-order valence-electron chi connectivity index (χ3n) is 2.71. The van der Waals surface area contributed by atoms with Crippen molar-refractivity contribution in [1.82, 2.24) is 10.3 Å². The van der Waals surface area contributed by atoms with E-state index in [-0.39, 0.29) is 22.1 Å². The van der Waals surface area contributed by atoms with Crippen LogP contribution in [0.4, 0.5) is 5.69 Å². The fraction of sp³-hybridized carbons (Fsp3) is 0.231. The van der Waals surface area contributed by atoms with Crippen molar-refractivity contribution in [3.05, 3.63) is 39.8 Å². The molecule has 1 heterocycles. The molecule has 112 valence electrons. The van der Waals surface area contributed by atoms with Crippen LogP contribution in [0.5, 0.6) is 0 Å². The molecule has 0 radical (unpaired) electrons. The minimum Gasteiger partial charge on any atom is -0.399 e. The average molecular weight is 325 g/mol. The quantitative estimate of drug-likeness (QED) is 0.827. The van der Waals surface area contributed by atoms with Crippen LogP contribution in [-0.4, -0.2) is 25.6 Å². The Morgan fingerprint density at radius 3 is 2.67 bits per heavy atom. The van der Waals surface area contributed by atoms with Crippen molar-refractivity contribution < 1.29 is 13.2 Å². The number of nitrogen functional groups attached to an aromatic ring is 1. The van der Waals surface area contributed by atoms with Gasteiger partial charge in [0.2, 0.25) is 0 Å². The Kier molecular flexibility index (Phi) is 4.29. The van der Waals surface area contributed by atoms with Crippen LogP contribution in [0.15, 0.2) is 29.3 Å². The molecule has 0 aliphatic heterocycles. The third-order valence-corrected chi connectivity index (χ3v) is 4.72. The first-order valence-electron chi connectivity index (χ1n) is 6.06. The van der Waals surface area contributed by atoms with Gasteiger partial charge in [-0.2, -0.15) is 0 Å². The van der Waals surface area contributed by atoms with Gasteiger partial charge in [-0.25, -0.2) is 13.4 Å². The summed E-state index contributed by atoms with van der Waals surface area (Å²) in [4.78, 5) is 17.1. The van der Waals surface area contributed by atoms with Gasteiger partial charge in [0.15, 0.2) is 9.84 Å². The number of carbonyl (C=O) groups is 1. The lowest BCUT2D eigenvalue weighted by molar-refractivity contribution is 0.0951.